The van der Waals surface area contributed by atoms with Crippen molar-refractivity contribution in [1.29, 1.82) is 0 Å². The monoisotopic (exact) mass is 300 g/mol. The molecule has 1 unspecified atom stereocenters. The number of piperazine rings is 1. The van der Waals surface area contributed by atoms with Gasteiger partial charge in [-0.3, -0.25) is 9.59 Å². The van der Waals surface area contributed by atoms with Gasteiger partial charge in [0.1, 0.15) is 11.6 Å². The Morgan fingerprint density at radius 1 is 1.25 bits per heavy atom. The standard InChI is InChI=1S/C15H28N2O2S/c1-11(2)12-13(18)16-15(3,4)14(19)17(12)9-7-6-8-10-20-5/h11-12H,6-10H2,1-5H3,(H,16,18). The maximum atomic E-state index is 12.5. The first-order valence-electron chi connectivity index (χ1n) is 7.43. The van der Waals surface area contributed by atoms with E-state index in [1.807, 2.05) is 25.6 Å². The number of hydrogen-bond donors (Lipinski definition) is 1. The molecule has 0 aromatic rings. The number of nitrogens with zero attached hydrogens (tertiary/aromatic N) is 1. The zero-order valence-electron chi connectivity index (χ0n) is 13.4. The highest BCUT2D eigenvalue weighted by molar-refractivity contribution is 7.98. The lowest BCUT2D eigenvalue weighted by Crippen LogP contribution is -2.69. The van der Waals surface area contributed by atoms with Gasteiger partial charge in [0.25, 0.3) is 0 Å². The molecule has 116 valence electrons. The fraction of sp³-hybridized carbons (Fsp3) is 0.867. The Morgan fingerprint density at radius 2 is 1.90 bits per heavy atom. The van der Waals surface area contributed by atoms with Gasteiger partial charge in [-0.1, -0.05) is 20.3 Å². The number of amides is 2. The van der Waals surface area contributed by atoms with Gasteiger partial charge < -0.3 is 10.2 Å². The molecule has 0 aromatic heterocycles. The van der Waals surface area contributed by atoms with Crippen LogP contribution in [0.3, 0.4) is 0 Å². The third-order valence-corrected chi connectivity index (χ3v) is 4.41. The van der Waals surface area contributed by atoms with Crippen molar-refractivity contribution in [3.63, 3.8) is 0 Å². The number of carbonyl (C=O) groups excluding carboxylic acids is 2. The fourth-order valence-corrected chi connectivity index (χ4v) is 3.16. The van der Waals surface area contributed by atoms with E-state index in [9.17, 15) is 9.59 Å². The summed E-state index contributed by atoms with van der Waals surface area (Å²) in [6.07, 6.45) is 5.36. The zero-order chi connectivity index (χ0) is 15.3. The Morgan fingerprint density at radius 3 is 2.45 bits per heavy atom. The molecule has 5 heteroatoms. The first-order valence-corrected chi connectivity index (χ1v) is 8.82. The first-order chi connectivity index (χ1) is 9.31. The topological polar surface area (TPSA) is 49.4 Å². The second-order valence-electron chi connectivity index (χ2n) is 6.36. The van der Waals surface area contributed by atoms with Crippen LogP contribution in [0.4, 0.5) is 0 Å². The molecule has 2 amide bonds. The molecule has 1 rings (SSSR count). The highest BCUT2D eigenvalue weighted by atomic mass is 32.2. The lowest BCUT2D eigenvalue weighted by molar-refractivity contribution is -0.155. The number of thioether (sulfide) groups is 1. The molecule has 0 bridgehead atoms. The molecular weight excluding hydrogens is 272 g/mol. The molecule has 0 spiro atoms. The molecule has 1 aliphatic rings. The summed E-state index contributed by atoms with van der Waals surface area (Å²) in [6, 6.07) is -0.323. The largest absolute Gasteiger partial charge is 0.340 e. The Labute approximate surface area is 127 Å². The SMILES string of the molecule is CSCCCCCN1C(=O)C(C)(C)NC(=O)C1C(C)C. The minimum absolute atomic E-state index is 0.0197. The quantitative estimate of drug-likeness (QED) is 0.734. The van der Waals surface area contributed by atoms with E-state index in [2.05, 4.69) is 11.6 Å². The van der Waals surface area contributed by atoms with E-state index in [1.165, 1.54) is 6.42 Å². The highest BCUT2D eigenvalue weighted by Gasteiger charge is 2.45. The third kappa shape index (κ3) is 4.14. The maximum Gasteiger partial charge on any atom is 0.248 e. The predicted molar refractivity (Wildman–Crippen MR) is 84.8 cm³/mol. The average Bonchev–Trinajstić information content (AvgIpc) is 2.33. The van der Waals surface area contributed by atoms with Crippen LogP contribution in [0.1, 0.15) is 47.0 Å². The highest BCUT2D eigenvalue weighted by Crippen LogP contribution is 2.23. The number of rotatable bonds is 7. The van der Waals surface area contributed by atoms with Gasteiger partial charge in [0, 0.05) is 6.54 Å². The summed E-state index contributed by atoms with van der Waals surface area (Å²) in [5, 5.41) is 2.84. The second-order valence-corrected chi connectivity index (χ2v) is 7.34. The number of nitrogens with one attached hydrogen (secondary N) is 1. The van der Waals surface area contributed by atoms with E-state index < -0.39 is 5.54 Å². The maximum absolute atomic E-state index is 12.5. The summed E-state index contributed by atoms with van der Waals surface area (Å²) in [5.74, 6) is 1.32. The fourth-order valence-electron chi connectivity index (χ4n) is 2.67. The lowest BCUT2D eigenvalue weighted by Gasteiger charge is -2.44. The van der Waals surface area contributed by atoms with Gasteiger partial charge in [-0.2, -0.15) is 11.8 Å². The van der Waals surface area contributed by atoms with Gasteiger partial charge >= 0.3 is 0 Å². The van der Waals surface area contributed by atoms with Crippen LogP contribution in [0, 0.1) is 5.92 Å². The minimum atomic E-state index is -0.776. The summed E-state index contributed by atoms with van der Waals surface area (Å²) in [6.45, 7) is 8.25. The van der Waals surface area contributed by atoms with Crippen molar-refractivity contribution in [2.24, 2.45) is 5.92 Å². The van der Waals surface area contributed by atoms with Crippen molar-refractivity contribution in [2.45, 2.75) is 58.5 Å². The van der Waals surface area contributed by atoms with E-state index in [-0.39, 0.29) is 23.8 Å². The number of hydrogen-bond acceptors (Lipinski definition) is 3. The normalized spacial score (nSPS) is 22.3. The average molecular weight is 300 g/mol. The van der Waals surface area contributed by atoms with Crippen LogP contribution < -0.4 is 5.32 Å². The van der Waals surface area contributed by atoms with Crippen LogP contribution in [-0.2, 0) is 9.59 Å². The Bertz CT molecular complexity index is 356. The first kappa shape index (κ1) is 17.3. The molecule has 0 saturated carbocycles. The van der Waals surface area contributed by atoms with E-state index in [0.29, 0.717) is 6.54 Å². The van der Waals surface area contributed by atoms with Gasteiger partial charge in [0.05, 0.1) is 0 Å². The molecule has 0 aromatic carbocycles. The van der Waals surface area contributed by atoms with Crippen LogP contribution in [0.15, 0.2) is 0 Å². The van der Waals surface area contributed by atoms with Crippen LogP contribution in [0.2, 0.25) is 0 Å². The van der Waals surface area contributed by atoms with Crippen molar-refractivity contribution in [1.82, 2.24) is 10.2 Å². The molecule has 1 N–H and O–H groups in total. The van der Waals surface area contributed by atoms with E-state index >= 15 is 0 Å². The Hall–Kier alpha value is -0.710. The molecule has 1 heterocycles. The second kappa shape index (κ2) is 7.34. The van der Waals surface area contributed by atoms with Crippen LogP contribution in [0.25, 0.3) is 0 Å². The zero-order valence-corrected chi connectivity index (χ0v) is 14.2. The van der Waals surface area contributed by atoms with Crippen LogP contribution >= 0.6 is 11.8 Å². The molecular formula is C15H28N2O2S. The summed E-state index contributed by atoms with van der Waals surface area (Å²) >= 11 is 1.85. The molecule has 0 aliphatic carbocycles. The summed E-state index contributed by atoms with van der Waals surface area (Å²) in [7, 11) is 0. The minimum Gasteiger partial charge on any atom is -0.340 e. The van der Waals surface area contributed by atoms with E-state index in [0.717, 1.165) is 18.6 Å². The third-order valence-electron chi connectivity index (χ3n) is 3.71. The predicted octanol–water partition coefficient (Wildman–Crippen LogP) is 2.28. The van der Waals surface area contributed by atoms with Crippen molar-refractivity contribution in [3.05, 3.63) is 0 Å². The van der Waals surface area contributed by atoms with Gasteiger partial charge in [0.2, 0.25) is 11.8 Å². The van der Waals surface area contributed by atoms with Gasteiger partial charge in [-0.15, -0.1) is 0 Å². The summed E-state index contributed by atoms with van der Waals surface area (Å²) < 4.78 is 0. The van der Waals surface area contributed by atoms with Crippen LogP contribution in [-0.4, -0.2) is 46.8 Å². The smallest absolute Gasteiger partial charge is 0.248 e. The van der Waals surface area contributed by atoms with E-state index in [4.69, 9.17) is 0 Å². The van der Waals surface area contributed by atoms with Gasteiger partial charge in [-0.05, 0) is 44.6 Å². The summed E-state index contributed by atoms with van der Waals surface area (Å²) in [5.41, 5.74) is -0.776. The van der Waals surface area contributed by atoms with Gasteiger partial charge in [0.15, 0.2) is 0 Å². The molecule has 20 heavy (non-hydrogen) atoms. The van der Waals surface area contributed by atoms with Crippen LogP contribution in [0.5, 0.6) is 0 Å². The van der Waals surface area contributed by atoms with Crippen molar-refractivity contribution < 1.29 is 9.59 Å². The molecule has 4 nitrogen and oxygen atoms in total. The number of unbranched alkanes of at least 4 members (excludes halogenated alkanes) is 2. The Balaban J connectivity index is 2.69. The lowest BCUT2D eigenvalue weighted by atomic mass is 9.91. The molecule has 1 atom stereocenters. The molecule has 1 saturated heterocycles. The van der Waals surface area contributed by atoms with E-state index in [1.54, 1.807) is 18.7 Å². The Kier molecular flexibility index (Phi) is 6.37. The van der Waals surface area contributed by atoms with Crippen molar-refractivity contribution in [3.8, 4) is 0 Å². The van der Waals surface area contributed by atoms with Crippen molar-refractivity contribution >= 4 is 23.6 Å². The molecule has 1 fully saturated rings. The molecule has 1 aliphatic heterocycles. The number of carbonyl (C=O) groups is 2. The van der Waals surface area contributed by atoms with Gasteiger partial charge in [-0.25, -0.2) is 0 Å². The van der Waals surface area contributed by atoms with Crippen molar-refractivity contribution in [2.75, 3.05) is 18.6 Å². The summed E-state index contributed by atoms with van der Waals surface area (Å²) in [4.78, 5) is 26.6. The molecule has 0 radical (unpaired) electrons.